The molecule has 1 saturated heterocycles. The van der Waals surface area contributed by atoms with E-state index in [1.54, 1.807) is 13.3 Å². The van der Waals surface area contributed by atoms with Gasteiger partial charge >= 0.3 is 5.97 Å². The Morgan fingerprint density at radius 1 is 1.21 bits per heavy atom. The van der Waals surface area contributed by atoms with Gasteiger partial charge in [-0.3, -0.25) is 9.78 Å². The largest absolute Gasteiger partial charge is 0.497 e. The summed E-state index contributed by atoms with van der Waals surface area (Å²) in [4.78, 5) is 18.5. The number of aliphatic hydroxyl groups is 1. The fraction of sp³-hybridized carbons (Fsp3) is 0.448. The van der Waals surface area contributed by atoms with Crippen LogP contribution in [0.15, 0.2) is 42.6 Å². The molecule has 2 aromatic carbocycles. The van der Waals surface area contributed by atoms with E-state index in [0.29, 0.717) is 68.9 Å². The molecule has 1 aliphatic rings. The van der Waals surface area contributed by atoms with E-state index in [0.717, 1.165) is 22.5 Å². The Hall–Kier alpha value is -3.34. The summed E-state index contributed by atoms with van der Waals surface area (Å²) in [5, 5.41) is 24.9. The zero-order valence-electron chi connectivity index (χ0n) is 22.1. The lowest BCUT2D eigenvalue weighted by atomic mass is 9.71. The first-order valence-electron chi connectivity index (χ1n) is 13.2. The third-order valence-corrected chi connectivity index (χ3v) is 7.76. The second kappa shape index (κ2) is 12.7. The highest BCUT2D eigenvalue weighted by Gasteiger charge is 2.37. The van der Waals surface area contributed by atoms with E-state index in [2.05, 4.69) is 15.2 Å². The Kier molecular flexibility index (Phi) is 9.32. The Balaban J connectivity index is 1.40. The molecule has 0 aliphatic carbocycles. The standard InChI is InChI=1S/C29H36F2N4O4/c1-39-23-2-3-25-24(15-23)28(19(17-32)18-34-25)26(36)4-5-29(16-27(37)38)6-9-35(10-7-29)11-8-33-22-13-20(30)12-21(31)14-22/h2-3,12-15,18,26,33,36H,4-11,16-17,32H2,1H3,(H,37,38). The summed E-state index contributed by atoms with van der Waals surface area (Å²) in [7, 11) is 1.58. The third-order valence-electron chi connectivity index (χ3n) is 7.76. The van der Waals surface area contributed by atoms with Gasteiger partial charge in [0.2, 0.25) is 0 Å². The number of fused-ring (bicyclic) bond motifs is 1. The maximum absolute atomic E-state index is 13.4. The molecule has 4 rings (SSSR count). The van der Waals surface area contributed by atoms with Crippen LogP contribution in [0.4, 0.5) is 14.5 Å². The molecule has 10 heteroatoms. The SMILES string of the molecule is COc1ccc2ncc(CN)c(C(O)CCC3(CC(=O)O)CCN(CCNc4cc(F)cc(F)c4)CC3)c2c1. The van der Waals surface area contributed by atoms with Gasteiger partial charge in [0.1, 0.15) is 17.4 Å². The van der Waals surface area contributed by atoms with Crippen molar-refractivity contribution in [2.75, 3.05) is 38.6 Å². The molecule has 5 N–H and O–H groups in total. The van der Waals surface area contributed by atoms with Crippen molar-refractivity contribution in [1.29, 1.82) is 0 Å². The number of likely N-dealkylation sites (tertiary alicyclic amines) is 1. The number of rotatable bonds is 12. The lowest BCUT2D eigenvalue weighted by Crippen LogP contribution is -2.43. The second-order valence-corrected chi connectivity index (χ2v) is 10.3. The van der Waals surface area contributed by atoms with Crippen molar-refractivity contribution >= 4 is 22.6 Å². The summed E-state index contributed by atoms with van der Waals surface area (Å²) >= 11 is 0. The number of aromatic nitrogens is 1. The van der Waals surface area contributed by atoms with Gasteiger partial charge in [-0.1, -0.05) is 0 Å². The number of aliphatic carboxylic acids is 1. The minimum atomic E-state index is -0.852. The van der Waals surface area contributed by atoms with Gasteiger partial charge in [0, 0.05) is 43.0 Å². The van der Waals surface area contributed by atoms with Gasteiger partial charge < -0.3 is 30.9 Å². The van der Waals surface area contributed by atoms with Gasteiger partial charge in [0.25, 0.3) is 0 Å². The van der Waals surface area contributed by atoms with Crippen molar-refractivity contribution in [2.24, 2.45) is 11.1 Å². The number of nitrogens with one attached hydrogen (secondary N) is 1. The average molecular weight is 543 g/mol. The summed E-state index contributed by atoms with van der Waals surface area (Å²) < 4.78 is 32.2. The van der Waals surface area contributed by atoms with Crippen LogP contribution in [0.2, 0.25) is 0 Å². The normalized spacial score (nSPS) is 16.2. The maximum atomic E-state index is 13.4. The first-order chi connectivity index (χ1) is 18.7. The number of ether oxygens (including phenoxy) is 1. The Morgan fingerprint density at radius 3 is 2.56 bits per heavy atom. The van der Waals surface area contributed by atoms with E-state index in [1.165, 1.54) is 12.1 Å². The van der Waals surface area contributed by atoms with Crippen molar-refractivity contribution in [3.05, 3.63) is 65.4 Å². The Labute approximate surface area is 226 Å². The molecule has 0 radical (unpaired) electrons. The minimum absolute atomic E-state index is 0.0308. The smallest absolute Gasteiger partial charge is 0.303 e. The summed E-state index contributed by atoms with van der Waals surface area (Å²) in [5.74, 6) is -1.46. The van der Waals surface area contributed by atoms with Crippen LogP contribution in [0.1, 0.15) is 49.3 Å². The van der Waals surface area contributed by atoms with Crippen molar-refractivity contribution in [3.63, 3.8) is 0 Å². The number of carboxylic acid groups (broad SMARTS) is 1. The number of nitrogens with two attached hydrogens (primary N) is 1. The van der Waals surface area contributed by atoms with Crippen molar-refractivity contribution in [3.8, 4) is 5.75 Å². The number of nitrogens with zero attached hydrogens (tertiary/aromatic N) is 2. The number of benzene rings is 2. The monoisotopic (exact) mass is 542 g/mol. The zero-order valence-corrected chi connectivity index (χ0v) is 22.1. The van der Waals surface area contributed by atoms with E-state index in [-0.39, 0.29) is 13.0 Å². The number of aliphatic hydroxyl groups excluding tert-OH is 1. The molecule has 210 valence electrons. The first-order valence-corrected chi connectivity index (χ1v) is 13.2. The Bertz CT molecular complexity index is 1270. The lowest BCUT2D eigenvalue weighted by Gasteiger charge is -2.41. The van der Waals surface area contributed by atoms with Crippen molar-refractivity contribution < 1.29 is 28.5 Å². The second-order valence-electron chi connectivity index (χ2n) is 10.3. The molecule has 0 saturated carbocycles. The molecule has 1 fully saturated rings. The summed E-state index contributed by atoms with van der Waals surface area (Å²) in [6.07, 6.45) is 3.18. The van der Waals surface area contributed by atoms with E-state index in [4.69, 9.17) is 10.5 Å². The summed E-state index contributed by atoms with van der Waals surface area (Å²) in [5.41, 5.74) is 8.11. The molecule has 1 unspecified atom stereocenters. The van der Waals surface area contributed by atoms with Gasteiger partial charge in [0.15, 0.2) is 0 Å². The molecule has 8 nitrogen and oxygen atoms in total. The van der Waals surface area contributed by atoms with Gasteiger partial charge in [-0.15, -0.1) is 0 Å². The van der Waals surface area contributed by atoms with Crippen molar-refractivity contribution in [1.82, 2.24) is 9.88 Å². The molecule has 0 amide bonds. The predicted molar refractivity (Wildman–Crippen MR) is 146 cm³/mol. The highest BCUT2D eigenvalue weighted by atomic mass is 19.1. The molecule has 1 atom stereocenters. The first kappa shape index (κ1) is 28.7. The van der Waals surface area contributed by atoms with Crippen LogP contribution in [-0.2, 0) is 11.3 Å². The van der Waals surface area contributed by atoms with Crippen LogP contribution in [0.3, 0.4) is 0 Å². The summed E-state index contributed by atoms with van der Waals surface area (Å²) in [6, 6.07) is 8.83. The number of halogens is 2. The van der Waals surface area contributed by atoms with E-state index >= 15 is 0 Å². The van der Waals surface area contributed by atoms with E-state index in [9.17, 15) is 23.8 Å². The van der Waals surface area contributed by atoms with Crippen LogP contribution in [0.5, 0.6) is 5.75 Å². The quantitative estimate of drug-likeness (QED) is 0.265. The zero-order chi connectivity index (χ0) is 28.0. The number of pyridine rings is 1. The number of hydrogen-bond donors (Lipinski definition) is 4. The van der Waals surface area contributed by atoms with E-state index < -0.39 is 29.1 Å². The molecule has 1 aromatic heterocycles. The van der Waals surface area contributed by atoms with Crippen LogP contribution >= 0.6 is 0 Å². The molecule has 1 aliphatic heterocycles. The number of piperidine rings is 1. The lowest BCUT2D eigenvalue weighted by molar-refractivity contribution is -0.141. The number of carboxylic acids is 1. The highest BCUT2D eigenvalue weighted by Crippen LogP contribution is 2.42. The van der Waals surface area contributed by atoms with Crippen LogP contribution in [0, 0.1) is 17.0 Å². The third kappa shape index (κ3) is 7.20. The van der Waals surface area contributed by atoms with Gasteiger partial charge in [-0.05, 0) is 85.6 Å². The van der Waals surface area contributed by atoms with Crippen molar-refractivity contribution in [2.45, 2.75) is 44.8 Å². The average Bonchev–Trinajstić information content (AvgIpc) is 2.91. The number of methoxy groups -OCH3 is 1. The Morgan fingerprint density at radius 2 is 1.92 bits per heavy atom. The molecule has 0 bridgehead atoms. The van der Waals surface area contributed by atoms with E-state index in [1.807, 2.05) is 18.2 Å². The van der Waals surface area contributed by atoms with Gasteiger partial charge in [-0.2, -0.15) is 0 Å². The minimum Gasteiger partial charge on any atom is -0.497 e. The number of hydrogen-bond acceptors (Lipinski definition) is 7. The molecule has 39 heavy (non-hydrogen) atoms. The molecular weight excluding hydrogens is 506 g/mol. The fourth-order valence-electron chi connectivity index (χ4n) is 5.61. The molecule has 3 aromatic rings. The van der Waals surface area contributed by atoms with Crippen LogP contribution in [0.25, 0.3) is 10.9 Å². The van der Waals surface area contributed by atoms with Crippen LogP contribution < -0.4 is 15.8 Å². The fourth-order valence-corrected chi connectivity index (χ4v) is 5.61. The number of anilines is 1. The molecular formula is C29H36F2N4O4. The summed E-state index contributed by atoms with van der Waals surface area (Å²) in [6.45, 7) is 2.79. The topological polar surface area (TPSA) is 121 Å². The molecule has 0 spiro atoms. The maximum Gasteiger partial charge on any atom is 0.303 e. The highest BCUT2D eigenvalue weighted by molar-refractivity contribution is 5.85. The predicted octanol–water partition coefficient (Wildman–Crippen LogP) is 4.46. The van der Waals surface area contributed by atoms with Crippen LogP contribution in [-0.4, -0.2) is 59.4 Å². The van der Waals surface area contributed by atoms with Gasteiger partial charge in [0.05, 0.1) is 25.2 Å². The number of carbonyl (C=O) groups is 1. The molecule has 2 heterocycles. The van der Waals surface area contributed by atoms with Gasteiger partial charge in [-0.25, -0.2) is 8.78 Å².